The number of esters is 1. The summed E-state index contributed by atoms with van der Waals surface area (Å²) in [5.74, 6) is 0.292. The van der Waals surface area contributed by atoms with Crippen molar-refractivity contribution in [3.05, 3.63) is 41.5 Å². The highest BCUT2D eigenvalue weighted by Crippen LogP contribution is 2.43. The van der Waals surface area contributed by atoms with E-state index in [1.54, 1.807) is 25.1 Å². The molecule has 0 aromatic heterocycles. The minimum Gasteiger partial charge on any atom is -0.490 e. The number of fused-ring (bicyclic) bond motifs is 1. The van der Waals surface area contributed by atoms with E-state index in [4.69, 9.17) is 9.47 Å². The normalized spacial score (nSPS) is 22.6. The molecular formula is C27H34F3NO3. The lowest BCUT2D eigenvalue weighted by atomic mass is 9.89. The van der Waals surface area contributed by atoms with Gasteiger partial charge in [0.05, 0.1) is 18.6 Å². The molecule has 2 aromatic carbocycles. The molecule has 2 aromatic rings. The molecule has 4 rings (SSSR count). The fourth-order valence-corrected chi connectivity index (χ4v) is 5.29. The molecule has 0 N–H and O–H groups in total. The molecule has 0 bridgehead atoms. The summed E-state index contributed by atoms with van der Waals surface area (Å²) in [5, 5.41) is 0.792. The maximum Gasteiger partial charge on any atom is 0.420 e. The summed E-state index contributed by atoms with van der Waals surface area (Å²) in [5.41, 5.74) is 0.183. The fourth-order valence-electron chi connectivity index (χ4n) is 5.29. The first-order chi connectivity index (χ1) is 16.3. The van der Waals surface area contributed by atoms with Crippen molar-refractivity contribution in [3.8, 4) is 5.75 Å². The van der Waals surface area contributed by atoms with Crippen LogP contribution in [0.5, 0.6) is 5.75 Å². The molecule has 7 heteroatoms. The number of ether oxygens (including phenoxy) is 2. The van der Waals surface area contributed by atoms with Crippen LogP contribution in [0.4, 0.5) is 13.2 Å². The molecule has 1 saturated heterocycles. The summed E-state index contributed by atoms with van der Waals surface area (Å²) < 4.78 is 53.8. The summed E-state index contributed by atoms with van der Waals surface area (Å²) in [6.07, 6.45) is 0.278. The van der Waals surface area contributed by atoms with E-state index in [0.29, 0.717) is 50.4 Å². The van der Waals surface area contributed by atoms with Crippen molar-refractivity contribution >= 4 is 16.7 Å². The number of benzene rings is 2. The zero-order valence-corrected chi connectivity index (χ0v) is 20.0. The number of piperidine rings is 1. The quantitative estimate of drug-likeness (QED) is 0.440. The number of halogens is 3. The maximum absolute atomic E-state index is 14.2. The smallest absolute Gasteiger partial charge is 0.420 e. The second-order valence-electron chi connectivity index (χ2n) is 9.75. The van der Waals surface area contributed by atoms with Crippen LogP contribution in [0, 0.1) is 11.8 Å². The molecule has 1 heterocycles. The van der Waals surface area contributed by atoms with E-state index in [2.05, 4.69) is 11.8 Å². The van der Waals surface area contributed by atoms with Gasteiger partial charge in [-0.25, -0.2) is 0 Å². The average molecular weight is 478 g/mol. The first-order valence-corrected chi connectivity index (χ1v) is 12.4. The number of nitrogens with zero attached hydrogens (tertiary/aromatic N) is 1. The lowest BCUT2D eigenvalue weighted by Crippen LogP contribution is -2.36. The van der Waals surface area contributed by atoms with Gasteiger partial charge in [-0.2, -0.15) is 13.2 Å². The number of hydrogen-bond donors (Lipinski definition) is 0. The van der Waals surface area contributed by atoms with Gasteiger partial charge in [0.1, 0.15) is 11.3 Å². The Morgan fingerprint density at radius 2 is 1.71 bits per heavy atom. The van der Waals surface area contributed by atoms with E-state index in [1.807, 2.05) is 6.07 Å². The van der Waals surface area contributed by atoms with Crippen molar-refractivity contribution in [2.45, 2.75) is 71.2 Å². The molecule has 34 heavy (non-hydrogen) atoms. The third-order valence-corrected chi connectivity index (χ3v) is 7.25. The Bertz CT molecular complexity index is 991. The highest BCUT2D eigenvalue weighted by atomic mass is 19.4. The van der Waals surface area contributed by atoms with Gasteiger partial charge < -0.3 is 9.47 Å². The number of alkyl halides is 3. The summed E-state index contributed by atoms with van der Waals surface area (Å²) in [7, 11) is 0. The van der Waals surface area contributed by atoms with Crippen LogP contribution in [0.3, 0.4) is 0 Å². The van der Waals surface area contributed by atoms with E-state index in [1.165, 1.54) is 6.07 Å². The SMILES string of the molecule is CCOC(=O)C1CCN(Cc2cccc3c(C(F)(F)F)c(O[C@H]4CC[C@@H](C)CC4)ccc23)CC1. The number of rotatable bonds is 6. The van der Waals surface area contributed by atoms with Crippen molar-refractivity contribution < 1.29 is 27.4 Å². The topological polar surface area (TPSA) is 38.8 Å². The molecule has 1 saturated carbocycles. The van der Waals surface area contributed by atoms with Gasteiger partial charge in [-0.05, 0) is 86.9 Å². The third-order valence-electron chi connectivity index (χ3n) is 7.25. The van der Waals surface area contributed by atoms with E-state index in [-0.39, 0.29) is 29.1 Å². The number of likely N-dealkylation sites (tertiary alicyclic amines) is 1. The van der Waals surface area contributed by atoms with Crippen molar-refractivity contribution in [2.24, 2.45) is 11.8 Å². The van der Waals surface area contributed by atoms with Crippen LogP contribution >= 0.6 is 0 Å². The Hall–Kier alpha value is -2.28. The Kier molecular flexibility index (Phi) is 7.70. The summed E-state index contributed by atoms with van der Waals surface area (Å²) in [4.78, 5) is 14.2. The Morgan fingerprint density at radius 3 is 2.35 bits per heavy atom. The Balaban J connectivity index is 1.55. The lowest BCUT2D eigenvalue weighted by molar-refractivity contribution is -0.149. The molecule has 0 spiro atoms. The maximum atomic E-state index is 14.2. The van der Waals surface area contributed by atoms with Gasteiger partial charge in [-0.3, -0.25) is 9.69 Å². The molecule has 186 valence electrons. The van der Waals surface area contributed by atoms with Crippen molar-refractivity contribution in [2.75, 3.05) is 19.7 Å². The first-order valence-electron chi connectivity index (χ1n) is 12.4. The molecule has 1 aliphatic carbocycles. The standard InChI is InChI=1S/C27H34F3NO3/c1-3-33-26(32)19-13-15-31(16-14-19)17-20-5-4-6-23-22(20)11-12-24(25(23)27(28,29)30)34-21-9-7-18(2)8-10-21/h4-6,11-12,18-19,21H,3,7-10,13-17H2,1-2H3/t18-,21+. The Morgan fingerprint density at radius 1 is 1.00 bits per heavy atom. The van der Waals surface area contributed by atoms with Crippen LogP contribution < -0.4 is 4.74 Å². The predicted octanol–water partition coefficient (Wildman–Crippen LogP) is 6.59. The molecule has 2 aliphatic rings. The Labute approximate surface area is 199 Å². The minimum absolute atomic E-state index is 0.0630. The van der Waals surface area contributed by atoms with Crippen molar-refractivity contribution in [1.29, 1.82) is 0 Å². The monoisotopic (exact) mass is 477 g/mol. The molecular weight excluding hydrogens is 443 g/mol. The summed E-state index contributed by atoms with van der Waals surface area (Å²) >= 11 is 0. The number of hydrogen-bond acceptors (Lipinski definition) is 4. The number of carbonyl (C=O) groups excluding carboxylic acids is 1. The van der Waals surface area contributed by atoms with Gasteiger partial charge in [-0.1, -0.05) is 31.2 Å². The zero-order valence-electron chi connectivity index (χ0n) is 20.0. The van der Waals surface area contributed by atoms with Gasteiger partial charge >= 0.3 is 12.1 Å². The molecule has 0 atom stereocenters. The average Bonchev–Trinajstić information content (AvgIpc) is 2.80. The summed E-state index contributed by atoms with van der Waals surface area (Å²) in [6.45, 7) is 6.33. The van der Waals surface area contributed by atoms with Gasteiger partial charge in [-0.15, -0.1) is 0 Å². The molecule has 4 nitrogen and oxygen atoms in total. The zero-order chi connectivity index (χ0) is 24.3. The van der Waals surface area contributed by atoms with E-state index in [9.17, 15) is 18.0 Å². The van der Waals surface area contributed by atoms with Gasteiger partial charge in [0.15, 0.2) is 0 Å². The third kappa shape index (κ3) is 5.68. The second-order valence-corrected chi connectivity index (χ2v) is 9.75. The van der Waals surface area contributed by atoms with Gasteiger partial charge in [0.25, 0.3) is 0 Å². The van der Waals surface area contributed by atoms with Gasteiger partial charge in [0.2, 0.25) is 0 Å². The fraction of sp³-hybridized carbons (Fsp3) is 0.593. The predicted molar refractivity (Wildman–Crippen MR) is 126 cm³/mol. The van der Waals surface area contributed by atoms with Gasteiger partial charge in [0, 0.05) is 6.54 Å². The highest BCUT2D eigenvalue weighted by molar-refractivity contribution is 5.91. The van der Waals surface area contributed by atoms with E-state index < -0.39 is 11.7 Å². The van der Waals surface area contributed by atoms with Crippen LogP contribution in [0.15, 0.2) is 30.3 Å². The van der Waals surface area contributed by atoms with Crippen LogP contribution in [0.2, 0.25) is 0 Å². The van der Waals surface area contributed by atoms with E-state index in [0.717, 1.165) is 31.2 Å². The molecule has 0 radical (unpaired) electrons. The molecule has 2 fully saturated rings. The summed E-state index contributed by atoms with van der Waals surface area (Å²) in [6, 6.07) is 8.41. The van der Waals surface area contributed by atoms with Crippen molar-refractivity contribution in [1.82, 2.24) is 4.90 Å². The molecule has 0 amide bonds. The van der Waals surface area contributed by atoms with Crippen LogP contribution in [0.1, 0.15) is 63.5 Å². The van der Waals surface area contributed by atoms with Crippen molar-refractivity contribution in [3.63, 3.8) is 0 Å². The second kappa shape index (κ2) is 10.5. The van der Waals surface area contributed by atoms with Crippen LogP contribution in [-0.2, 0) is 22.3 Å². The van der Waals surface area contributed by atoms with Crippen LogP contribution in [0.25, 0.3) is 10.8 Å². The largest absolute Gasteiger partial charge is 0.490 e. The van der Waals surface area contributed by atoms with E-state index >= 15 is 0 Å². The lowest BCUT2D eigenvalue weighted by Gasteiger charge is -2.31. The van der Waals surface area contributed by atoms with Crippen LogP contribution in [-0.4, -0.2) is 36.7 Å². The minimum atomic E-state index is -4.51. The first kappa shape index (κ1) is 24.8. The number of carbonyl (C=O) groups is 1. The highest BCUT2D eigenvalue weighted by Gasteiger charge is 2.37. The molecule has 1 aliphatic heterocycles. The molecule has 0 unspecified atom stereocenters.